The lowest BCUT2D eigenvalue weighted by Gasteiger charge is -2.35. The summed E-state index contributed by atoms with van der Waals surface area (Å²) in [6.07, 6.45) is 5.83. The van der Waals surface area contributed by atoms with Crippen molar-refractivity contribution in [2.75, 3.05) is 18.4 Å². The average molecular weight is 323 g/mol. The second-order valence-electron chi connectivity index (χ2n) is 6.82. The number of hydrogen-bond donors (Lipinski definition) is 2. The summed E-state index contributed by atoms with van der Waals surface area (Å²) in [4.78, 5) is 20.0. The highest BCUT2D eigenvalue weighted by Crippen LogP contribution is 2.33. The third-order valence-corrected chi connectivity index (χ3v) is 6.00. The number of likely N-dealkylation sites (tertiary alicyclic amines) is 1. The van der Waals surface area contributed by atoms with Crippen LogP contribution in [0.3, 0.4) is 0 Å². The molecule has 1 aromatic heterocycles. The molecule has 2 heterocycles. The molecule has 6 heteroatoms. The van der Waals surface area contributed by atoms with Gasteiger partial charge >= 0.3 is 6.03 Å². The van der Waals surface area contributed by atoms with Crippen LogP contribution in [0, 0.1) is 5.92 Å². The van der Waals surface area contributed by atoms with Crippen molar-refractivity contribution in [3.63, 3.8) is 0 Å². The van der Waals surface area contributed by atoms with E-state index in [1.165, 1.54) is 23.4 Å². The van der Waals surface area contributed by atoms with Gasteiger partial charge < -0.3 is 10.0 Å². The van der Waals surface area contributed by atoms with E-state index in [1.54, 1.807) is 16.2 Å². The normalized spacial score (nSPS) is 24.0. The van der Waals surface area contributed by atoms with Gasteiger partial charge in [0.25, 0.3) is 0 Å². The van der Waals surface area contributed by atoms with Gasteiger partial charge in [-0.1, -0.05) is 13.3 Å². The number of urea groups is 1. The van der Waals surface area contributed by atoms with E-state index in [1.807, 2.05) is 6.92 Å². The van der Waals surface area contributed by atoms with Crippen molar-refractivity contribution in [2.24, 2.45) is 5.92 Å². The van der Waals surface area contributed by atoms with Gasteiger partial charge in [-0.3, -0.25) is 5.32 Å². The molecule has 122 valence electrons. The van der Waals surface area contributed by atoms with Crippen LogP contribution >= 0.6 is 11.3 Å². The van der Waals surface area contributed by atoms with E-state index in [-0.39, 0.29) is 6.03 Å². The lowest BCUT2D eigenvalue weighted by Crippen LogP contribution is -2.46. The third kappa shape index (κ3) is 3.43. The first kappa shape index (κ1) is 15.7. The molecule has 0 bridgehead atoms. The highest BCUT2D eigenvalue weighted by molar-refractivity contribution is 7.15. The van der Waals surface area contributed by atoms with Crippen LogP contribution in [0.15, 0.2) is 0 Å². The lowest BCUT2D eigenvalue weighted by atomic mass is 9.89. The SMILES string of the molecule is CCC1CCc2nc(NC(=O)N3CCC(C)(O)CC3)sc2C1. The van der Waals surface area contributed by atoms with E-state index in [2.05, 4.69) is 17.2 Å². The second-order valence-corrected chi connectivity index (χ2v) is 7.90. The molecule has 1 saturated heterocycles. The minimum atomic E-state index is -0.633. The lowest BCUT2D eigenvalue weighted by molar-refractivity contribution is 0.00570. The third-order valence-electron chi connectivity index (χ3n) is 4.96. The van der Waals surface area contributed by atoms with Gasteiger partial charge in [0.05, 0.1) is 11.3 Å². The highest BCUT2D eigenvalue weighted by atomic mass is 32.1. The number of hydrogen-bond acceptors (Lipinski definition) is 4. The Morgan fingerprint density at radius 1 is 1.50 bits per heavy atom. The summed E-state index contributed by atoms with van der Waals surface area (Å²) >= 11 is 1.63. The summed E-state index contributed by atoms with van der Waals surface area (Å²) in [5.74, 6) is 0.765. The summed E-state index contributed by atoms with van der Waals surface area (Å²) in [6.45, 7) is 5.27. The Bertz CT molecular complexity index is 546. The Kier molecular flexibility index (Phi) is 4.41. The molecule has 1 atom stereocenters. The predicted octanol–water partition coefficient (Wildman–Crippen LogP) is 3.04. The molecule has 0 aromatic carbocycles. The summed E-state index contributed by atoms with van der Waals surface area (Å²) in [5.41, 5.74) is 0.540. The van der Waals surface area contributed by atoms with Crippen LogP contribution in [0.5, 0.6) is 0 Å². The Hall–Kier alpha value is -1.14. The smallest absolute Gasteiger partial charge is 0.323 e. The zero-order valence-electron chi connectivity index (χ0n) is 13.4. The summed E-state index contributed by atoms with van der Waals surface area (Å²) in [7, 11) is 0. The van der Waals surface area contributed by atoms with E-state index in [4.69, 9.17) is 0 Å². The molecule has 0 saturated carbocycles. The van der Waals surface area contributed by atoms with Gasteiger partial charge in [0.2, 0.25) is 0 Å². The van der Waals surface area contributed by atoms with Gasteiger partial charge in [-0.2, -0.15) is 0 Å². The number of piperidine rings is 1. The molecule has 1 fully saturated rings. The molecule has 1 aromatic rings. The fourth-order valence-electron chi connectivity index (χ4n) is 3.21. The molecule has 3 rings (SSSR count). The second kappa shape index (κ2) is 6.16. The van der Waals surface area contributed by atoms with Crippen LogP contribution in [0.4, 0.5) is 9.93 Å². The first-order chi connectivity index (χ1) is 10.5. The zero-order chi connectivity index (χ0) is 15.7. The number of nitrogens with one attached hydrogen (secondary N) is 1. The molecule has 2 aliphatic rings. The van der Waals surface area contributed by atoms with Crippen molar-refractivity contribution in [1.29, 1.82) is 0 Å². The van der Waals surface area contributed by atoms with Gasteiger partial charge in [0.1, 0.15) is 0 Å². The number of carbonyl (C=O) groups excluding carboxylic acids is 1. The Morgan fingerprint density at radius 3 is 2.91 bits per heavy atom. The molecule has 1 unspecified atom stereocenters. The van der Waals surface area contributed by atoms with Crippen LogP contribution in [0.25, 0.3) is 0 Å². The first-order valence-electron chi connectivity index (χ1n) is 8.24. The number of carbonyl (C=O) groups is 1. The van der Waals surface area contributed by atoms with Gasteiger partial charge in [-0.25, -0.2) is 9.78 Å². The maximum absolute atomic E-state index is 12.3. The number of fused-ring (bicyclic) bond motifs is 1. The van der Waals surface area contributed by atoms with Crippen LogP contribution in [0.2, 0.25) is 0 Å². The number of aryl methyl sites for hydroxylation is 1. The molecular weight excluding hydrogens is 298 g/mol. The van der Waals surface area contributed by atoms with Crippen LogP contribution in [-0.4, -0.2) is 39.7 Å². The summed E-state index contributed by atoms with van der Waals surface area (Å²) in [5, 5.41) is 13.6. The van der Waals surface area contributed by atoms with Crippen LogP contribution in [-0.2, 0) is 12.8 Å². The monoisotopic (exact) mass is 323 g/mol. The van der Waals surface area contributed by atoms with Crippen molar-refractivity contribution in [2.45, 2.75) is 58.0 Å². The number of nitrogens with zero attached hydrogens (tertiary/aromatic N) is 2. The van der Waals surface area contributed by atoms with Crippen LogP contribution < -0.4 is 5.32 Å². The molecule has 2 amide bonds. The van der Waals surface area contributed by atoms with Gasteiger partial charge in [0, 0.05) is 18.0 Å². The van der Waals surface area contributed by atoms with Crippen molar-refractivity contribution in [1.82, 2.24) is 9.88 Å². The number of anilines is 1. The number of aliphatic hydroxyl groups is 1. The van der Waals surface area contributed by atoms with E-state index >= 15 is 0 Å². The fourth-order valence-corrected chi connectivity index (χ4v) is 4.32. The Morgan fingerprint density at radius 2 is 2.23 bits per heavy atom. The molecule has 2 N–H and O–H groups in total. The summed E-state index contributed by atoms with van der Waals surface area (Å²) < 4.78 is 0. The molecule has 1 aliphatic heterocycles. The van der Waals surface area contributed by atoms with Crippen molar-refractivity contribution in [3.8, 4) is 0 Å². The van der Waals surface area contributed by atoms with E-state index in [0.717, 1.165) is 23.9 Å². The predicted molar refractivity (Wildman–Crippen MR) is 88.4 cm³/mol. The van der Waals surface area contributed by atoms with E-state index < -0.39 is 5.60 Å². The number of aromatic nitrogens is 1. The molecule has 1 aliphatic carbocycles. The van der Waals surface area contributed by atoms with Gasteiger partial charge in [0.15, 0.2) is 5.13 Å². The quantitative estimate of drug-likeness (QED) is 0.879. The number of rotatable bonds is 2. The van der Waals surface area contributed by atoms with Gasteiger partial charge in [-0.05, 0) is 44.9 Å². The van der Waals surface area contributed by atoms with Gasteiger partial charge in [-0.15, -0.1) is 11.3 Å². The first-order valence-corrected chi connectivity index (χ1v) is 9.05. The topological polar surface area (TPSA) is 65.5 Å². The summed E-state index contributed by atoms with van der Waals surface area (Å²) in [6, 6.07) is -0.0892. The largest absolute Gasteiger partial charge is 0.390 e. The maximum Gasteiger partial charge on any atom is 0.323 e. The molecule has 5 nitrogen and oxygen atoms in total. The number of amides is 2. The molecule has 0 radical (unpaired) electrons. The maximum atomic E-state index is 12.3. The Labute approximate surface area is 135 Å². The van der Waals surface area contributed by atoms with E-state index in [0.29, 0.717) is 25.9 Å². The Balaban J connectivity index is 1.60. The molecule has 0 spiro atoms. The van der Waals surface area contributed by atoms with E-state index in [9.17, 15) is 9.90 Å². The average Bonchev–Trinajstić information content (AvgIpc) is 2.88. The number of thiazole rings is 1. The molecule has 22 heavy (non-hydrogen) atoms. The zero-order valence-corrected chi connectivity index (χ0v) is 14.2. The minimum Gasteiger partial charge on any atom is -0.390 e. The van der Waals surface area contributed by atoms with Crippen LogP contribution in [0.1, 0.15) is 50.1 Å². The van der Waals surface area contributed by atoms with Crippen molar-refractivity contribution >= 4 is 22.5 Å². The minimum absolute atomic E-state index is 0.0892. The fraction of sp³-hybridized carbons (Fsp3) is 0.750. The molecular formula is C16H25N3O2S. The van der Waals surface area contributed by atoms with Crippen molar-refractivity contribution < 1.29 is 9.90 Å². The highest BCUT2D eigenvalue weighted by Gasteiger charge is 2.30. The standard InChI is InChI=1S/C16H25N3O2S/c1-3-11-4-5-12-13(10-11)22-14(17-12)18-15(20)19-8-6-16(2,21)7-9-19/h11,21H,3-10H2,1-2H3,(H,17,18,20). The van der Waals surface area contributed by atoms with Crippen molar-refractivity contribution in [3.05, 3.63) is 10.6 Å².